The molecule has 20 heavy (non-hydrogen) atoms. The average molecular weight is 278 g/mol. The van der Waals surface area contributed by atoms with E-state index >= 15 is 0 Å². The van der Waals surface area contributed by atoms with Gasteiger partial charge < -0.3 is 15.0 Å². The van der Waals surface area contributed by atoms with Crippen LogP contribution in [-0.4, -0.2) is 44.7 Å². The standard InChI is InChI=1S/C17H30N2O/c1-7-17(8-2,19(4)5)16(18-3)13-14-10-9-11-15(12-14)20-6/h9-12,16,18H,7-8,13H2,1-6H3. The Kier molecular flexibility index (Phi) is 6.50. The van der Waals surface area contributed by atoms with Crippen LogP contribution in [0.5, 0.6) is 5.75 Å². The van der Waals surface area contributed by atoms with Crippen molar-refractivity contribution in [2.75, 3.05) is 28.3 Å². The summed E-state index contributed by atoms with van der Waals surface area (Å²) < 4.78 is 5.32. The molecule has 3 heteroatoms. The third kappa shape index (κ3) is 3.53. The van der Waals surface area contributed by atoms with Gasteiger partial charge in [0.1, 0.15) is 5.75 Å². The Bertz CT molecular complexity index is 400. The largest absolute Gasteiger partial charge is 0.497 e. The minimum absolute atomic E-state index is 0.178. The van der Waals surface area contributed by atoms with E-state index in [9.17, 15) is 0 Å². The molecule has 0 saturated carbocycles. The van der Waals surface area contributed by atoms with Crippen molar-refractivity contribution in [3.63, 3.8) is 0 Å². The fraction of sp³-hybridized carbons (Fsp3) is 0.647. The highest BCUT2D eigenvalue weighted by Crippen LogP contribution is 2.28. The monoisotopic (exact) mass is 278 g/mol. The van der Waals surface area contributed by atoms with Crippen molar-refractivity contribution in [3.05, 3.63) is 29.8 Å². The minimum Gasteiger partial charge on any atom is -0.497 e. The highest BCUT2D eigenvalue weighted by atomic mass is 16.5. The number of nitrogens with one attached hydrogen (secondary N) is 1. The Morgan fingerprint density at radius 3 is 2.35 bits per heavy atom. The molecule has 0 aliphatic heterocycles. The van der Waals surface area contributed by atoms with E-state index in [0.717, 1.165) is 25.0 Å². The smallest absolute Gasteiger partial charge is 0.119 e. The van der Waals surface area contributed by atoms with Gasteiger partial charge in [0, 0.05) is 11.6 Å². The number of likely N-dealkylation sites (N-methyl/N-ethyl adjacent to an activating group) is 2. The molecule has 1 unspecified atom stereocenters. The van der Waals surface area contributed by atoms with Crippen LogP contribution in [0.25, 0.3) is 0 Å². The lowest BCUT2D eigenvalue weighted by atomic mass is 9.80. The van der Waals surface area contributed by atoms with Gasteiger partial charge in [0.15, 0.2) is 0 Å². The predicted octanol–water partition coefficient (Wildman–Crippen LogP) is 2.95. The molecule has 0 bridgehead atoms. The summed E-state index contributed by atoms with van der Waals surface area (Å²) in [5, 5.41) is 3.53. The summed E-state index contributed by atoms with van der Waals surface area (Å²) in [5.74, 6) is 0.931. The van der Waals surface area contributed by atoms with Gasteiger partial charge in [-0.25, -0.2) is 0 Å². The number of ether oxygens (including phenoxy) is 1. The molecule has 0 aliphatic carbocycles. The Labute approximate surface area is 124 Å². The highest BCUT2D eigenvalue weighted by Gasteiger charge is 2.36. The van der Waals surface area contributed by atoms with Gasteiger partial charge in [0.25, 0.3) is 0 Å². The number of benzene rings is 1. The van der Waals surface area contributed by atoms with Crippen molar-refractivity contribution in [1.29, 1.82) is 0 Å². The van der Waals surface area contributed by atoms with Crippen LogP contribution in [-0.2, 0) is 6.42 Å². The van der Waals surface area contributed by atoms with Crippen LogP contribution >= 0.6 is 0 Å². The van der Waals surface area contributed by atoms with Crippen molar-refractivity contribution in [2.45, 2.75) is 44.7 Å². The maximum atomic E-state index is 5.32. The van der Waals surface area contributed by atoms with Crippen LogP contribution in [0.3, 0.4) is 0 Å². The first-order chi connectivity index (χ1) is 9.53. The van der Waals surface area contributed by atoms with E-state index in [0.29, 0.717) is 6.04 Å². The zero-order chi connectivity index (χ0) is 15.2. The summed E-state index contributed by atoms with van der Waals surface area (Å²) >= 11 is 0. The molecule has 1 atom stereocenters. The van der Waals surface area contributed by atoms with Gasteiger partial charge in [0.05, 0.1) is 7.11 Å². The maximum Gasteiger partial charge on any atom is 0.119 e. The number of nitrogens with zero attached hydrogens (tertiary/aromatic N) is 1. The van der Waals surface area contributed by atoms with Crippen molar-refractivity contribution >= 4 is 0 Å². The Morgan fingerprint density at radius 2 is 1.90 bits per heavy atom. The van der Waals surface area contributed by atoms with Crippen molar-refractivity contribution < 1.29 is 4.74 Å². The highest BCUT2D eigenvalue weighted by molar-refractivity contribution is 5.29. The molecule has 0 saturated heterocycles. The fourth-order valence-corrected chi connectivity index (χ4v) is 3.28. The first kappa shape index (κ1) is 17.0. The Morgan fingerprint density at radius 1 is 1.25 bits per heavy atom. The lowest BCUT2D eigenvalue weighted by molar-refractivity contribution is 0.0917. The summed E-state index contributed by atoms with van der Waals surface area (Å²) in [6.07, 6.45) is 3.27. The van der Waals surface area contributed by atoms with Crippen LogP contribution in [0.2, 0.25) is 0 Å². The van der Waals surface area contributed by atoms with E-state index < -0.39 is 0 Å². The molecule has 1 rings (SSSR count). The number of methoxy groups -OCH3 is 1. The van der Waals surface area contributed by atoms with Crippen LogP contribution in [0.1, 0.15) is 32.3 Å². The molecule has 0 heterocycles. The second-order valence-electron chi connectivity index (χ2n) is 5.60. The Balaban J connectivity index is 2.99. The maximum absolute atomic E-state index is 5.32. The third-order valence-electron chi connectivity index (χ3n) is 4.69. The fourth-order valence-electron chi connectivity index (χ4n) is 3.28. The summed E-state index contributed by atoms with van der Waals surface area (Å²) in [5.41, 5.74) is 1.49. The van der Waals surface area contributed by atoms with Crippen molar-refractivity contribution in [3.8, 4) is 5.75 Å². The molecule has 3 nitrogen and oxygen atoms in total. The summed E-state index contributed by atoms with van der Waals surface area (Å²) in [7, 11) is 8.15. The second-order valence-corrected chi connectivity index (χ2v) is 5.60. The number of rotatable bonds is 8. The van der Waals surface area contributed by atoms with Crippen molar-refractivity contribution in [1.82, 2.24) is 10.2 Å². The molecule has 0 spiro atoms. The van der Waals surface area contributed by atoms with Crippen LogP contribution in [0, 0.1) is 0 Å². The van der Waals surface area contributed by atoms with E-state index in [1.165, 1.54) is 5.56 Å². The van der Waals surface area contributed by atoms with E-state index in [2.05, 4.69) is 63.4 Å². The van der Waals surface area contributed by atoms with Crippen molar-refractivity contribution in [2.24, 2.45) is 0 Å². The SMILES string of the molecule is CCC(CC)(C(Cc1cccc(OC)c1)NC)N(C)C. The third-order valence-corrected chi connectivity index (χ3v) is 4.69. The molecule has 0 aromatic heterocycles. The van der Waals surface area contributed by atoms with Gasteiger partial charge in [-0.3, -0.25) is 0 Å². The molecule has 1 aromatic carbocycles. The normalized spacial score (nSPS) is 13.6. The predicted molar refractivity (Wildman–Crippen MR) is 86.5 cm³/mol. The summed E-state index contributed by atoms with van der Waals surface area (Å²) in [6.45, 7) is 4.55. The summed E-state index contributed by atoms with van der Waals surface area (Å²) in [4.78, 5) is 2.37. The van der Waals surface area contributed by atoms with Gasteiger partial charge >= 0.3 is 0 Å². The average Bonchev–Trinajstić information content (AvgIpc) is 2.47. The molecular formula is C17H30N2O. The van der Waals surface area contributed by atoms with Crippen LogP contribution in [0.15, 0.2) is 24.3 Å². The second kappa shape index (κ2) is 7.65. The molecule has 114 valence electrons. The number of hydrogen-bond acceptors (Lipinski definition) is 3. The van der Waals surface area contributed by atoms with Gasteiger partial charge in [-0.05, 0) is 58.1 Å². The van der Waals surface area contributed by atoms with Gasteiger partial charge in [-0.2, -0.15) is 0 Å². The Hall–Kier alpha value is -1.06. The summed E-state index contributed by atoms with van der Waals surface area (Å²) in [6, 6.07) is 8.79. The molecule has 0 aliphatic rings. The molecule has 0 fully saturated rings. The van der Waals surface area contributed by atoms with Gasteiger partial charge in [-0.1, -0.05) is 26.0 Å². The molecular weight excluding hydrogens is 248 g/mol. The topological polar surface area (TPSA) is 24.5 Å². The molecule has 1 aromatic rings. The lowest BCUT2D eigenvalue weighted by Crippen LogP contribution is -2.58. The van der Waals surface area contributed by atoms with E-state index in [4.69, 9.17) is 4.74 Å². The van der Waals surface area contributed by atoms with Crippen LogP contribution in [0.4, 0.5) is 0 Å². The lowest BCUT2D eigenvalue weighted by Gasteiger charge is -2.45. The molecule has 0 radical (unpaired) electrons. The van der Waals surface area contributed by atoms with E-state index in [1.807, 2.05) is 6.07 Å². The molecule has 1 N–H and O–H groups in total. The zero-order valence-electron chi connectivity index (χ0n) is 13.9. The zero-order valence-corrected chi connectivity index (χ0v) is 13.9. The number of hydrogen-bond donors (Lipinski definition) is 1. The first-order valence-electron chi connectivity index (χ1n) is 7.51. The van der Waals surface area contributed by atoms with Crippen LogP contribution < -0.4 is 10.1 Å². The van der Waals surface area contributed by atoms with E-state index in [1.54, 1.807) is 7.11 Å². The minimum atomic E-state index is 0.178. The van der Waals surface area contributed by atoms with Gasteiger partial charge in [0.2, 0.25) is 0 Å². The molecule has 0 amide bonds. The quantitative estimate of drug-likeness (QED) is 0.791. The van der Waals surface area contributed by atoms with E-state index in [-0.39, 0.29) is 5.54 Å². The van der Waals surface area contributed by atoms with Gasteiger partial charge in [-0.15, -0.1) is 0 Å². The first-order valence-corrected chi connectivity index (χ1v) is 7.51.